The van der Waals surface area contributed by atoms with Gasteiger partial charge in [0.05, 0.1) is 0 Å². The van der Waals surface area contributed by atoms with Gasteiger partial charge in [0, 0.05) is 12.7 Å². The van der Waals surface area contributed by atoms with E-state index in [1.54, 1.807) is 0 Å². The number of benzene rings is 1. The van der Waals surface area contributed by atoms with Crippen LogP contribution in [0.4, 0.5) is 0 Å². The van der Waals surface area contributed by atoms with Crippen molar-refractivity contribution in [3.05, 3.63) is 66.0 Å². The third kappa shape index (κ3) is 5.02. The Morgan fingerprint density at radius 3 is 2.61 bits per heavy atom. The summed E-state index contributed by atoms with van der Waals surface area (Å²) in [5, 5.41) is 20.2. The summed E-state index contributed by atoms with van der Waals surface area (Å²) in [4.78, 5) is 23.6. The van der Waals surface area contributed by atoms with Crippen LogP contribution in [0.3, 0.4) is 0 Å². The molecule has 2 N–H and O–H groups in total. The smallest absolute Gasteiger partial charge is 0.344 e. The van der Waals surface area contributed by atoms with Crippen LogP contribution in [0.5, 0.6) is 0 Å². The average molecular weight is 409 g/mol. The molecule has 1 fully saturated rings. The number of rotatable bonds is 6. The second kappa shape index (κ2) is 8.48. The topological polar surface area (TPSA) is 129 Å². The van der Waals surface area contributed by atoms with Crippen LogP contribution < -0.4 is 9.46 Å². The standard InChI is InChI=1S/C18H20NO8P/c1-28(23,24)27-18-15(21)14(20)16(26-18)19-9-5-8-13(10-19)17(22)25-11-12-6-3-2-4-7-12/h2-10,14-16,18,20-21H,11H2,1H3/t14-,15+,16-,18-/m1/s1. The van der Waals surface area contributed by atoms with Crippen molar-refractivity contribution in [1.29, 1.82) is 0 Å². The van der Waals surface area contributed by atoms with Crippen molar-refractivity contribution in [2.45, 2.75) is 31.3 Å². The molecule has 1 saturated heterocycles. The van der Waals surface area contributed by atoms with E-state index in [2.05, 4.69) is 4.52 Å². The summed E-state index contributed by atoms with van der Waals surface area (Å²) in [5.74, 6) is -0.586. The SMILES string of the molecule is CP(=O)([O-])O[C@H]1O[C@@H]([n+]2cccc(C(=O)OCc3ccccc3)c2)[C@H](O)[C@@H]1O. The van der Waals surface area contributed by atoms with Gasteiger partial charge in [-0.15, -0.1) is 0 Å². The monoisotopic (exact) mass is 409 g/mol. The molecule has 0 saturated carbocycles. The molecule has 150 valence electrons. The van der Waals surface area contributed by atoms with Gasteiger partial charge in [0.1, 0.15) is 25.9 Å². The summed E-state index contributed by atoms with van der Waals surface area (Å²) in [7, 11) is -4.19. The van der Waals surface area contributed by atoms with Crippen LogP contribution in [0.25, 0.3) is 0 Å². The Hall–Kier alpha value is -2.13. The lowest BCUT2D eigenvalue weighted by molar-refractivity contribution is -0.767. The van der Waals surface area contributed by atoms with Crippen molar-refractivity contribution in [3.8, 4) is 0 Å². The number of esters is 1. The fourth-order valence-electron chi connectivity index (χ4n) is 2.73. The van der Waals surface area contributed by atoms with E-state index in [1.165, 1.54) is 29.1 Å². The summed E-state index contributed by atoms with van der Waals surface area (Å²) in [5.41, 5.74) is 1.03. The zero-order valence-corrected chi connectivity index (χ0v) is 15.8. The molecule has 3 rings (SSSR count). The lowest BCUT2D eigenvalue weighted by atomic mass is 10.2. The second-order valence-corrected chi connectivity index (χ2v) is 8.11. The highest BCUT2D eigenvalue weighted by molar-refractivity contribution is 7.50. The molecule has 10 heteroatoms. The minimum atomic E-state index is -4.19. The van der Waals surface area contributed by atoms with Crippen LogP contribution in [0, 0.1) is 0 Å². The highest BCUT2D eigenvalue weighted by atomic mass is 31.2. The van der Waals surface area contributed by atoms with E-state index in [1.807, 2.05) is 30.3 Å². The Labute approximate surface area is 161 Å². The van der Waals surface area contributed by atoms with Gasteiger partial charge in [-0.1, -0.05) is 30.3 Å². The molecule has 1 aliphatic heterocycles. The van der Waals surface area contributed by atoms with E-state index in [0.29, 0.717) is 0 Å². The molecule has 2 heterocycles. The normalized spacial score (nSPS) is 26.6. The summed E-state index contributed by atoms with van der Waals surface area (Å²) in [6.07, 6.45) is -2.85. The molecule has 2 aromatic rings. The molecule has 0 radical (unpaired) electrons. The molecule has 1 aromatic heterocycles. The number of hydrogen-bond donors (Lipinski definition) is 2. The van der Waals surface area contributed by atoms with Gasteiger partial charge in [-0.3, -0.25) is 4.74 Å². The van der Waals surface area contributed by atoms with Crippen LogP contribution in [0.1, 0.15) is 22.1 Å². The first-order chi connectivity index (χ1) is 13.2. The first-order valence-electron chi connectivity index (χ1n) is 8.45. The fraction of sp³-hybridized carbons (Fsp3) is 0.333. The third-order valence-corrected chi connectivity index (χ3v) is 4.65. The summed E-state index contributed by atoms with van der Waals surface area (Å²) in [6, 6.07) is 12.2. The fourth-order valence-corrected chi connectivity index (χ4v) is 3.28. The zero-order valence-electron chi connectivity index (χ0n) is 15.0. The quantitative estimate of drug-likeness (QED) is 0.391. The van der Waals surface area contributed by atoms with E-state index in [0.717, 1.165) is 12.2 Å². The maximum absolute atomic E-state index is 12.3. The van der Waals surface area contributed by atoms with E-state index in [9.17, 15) is 24.5 Å². The highest BCUT2D eigenvalue weighted by Gasteiger charge is 2.49. The van der Waals surface area contributed by atoms with Crippen LogP contribution in [-0.2, 0) is 25.2 Å². The number of aliphatic hydroxyl groups excluding tert-OH is 2. The summed E-state index contributed by atoms with van der Waals surface area (Å²) >= 11 is 0. The number of carbonyl (C=O) groups is 1. The van der Waals surface area contributed by atoms with Gasteiger partial charge in [0.15, 0.2) is 24.8 Å². The van der Waals surface area contributed by atoms with Crippen LogP contribution in [-0.4, -0.2) is 41.3 Å². The van der Waals surface area contributed by atoms with E-state index in [4.69, 9.17) is 9.47 Å². The molecule has 9 nitrogen and oxygen atoms in total. The number of aromatic nitrogens is 1. The van der Waals surface area contributed by atoms with Gasteiger partial charge < -0.3 is 28.9 Å². The molecular weight excluding hydrogens is 389 g/mol. The molecule has 1 aliphatic rings. The van der Waals surface area contributed by atoms with Gasteiger partial charge in [-0.25, -0.2) is 4.79 Å². The molecule has 0 spiro atoms. The number of carbonyl (C=O) groups excluding carboxylic acids is 1. The predicted molar refractivity (Wildman–Crippen MR) is 92.7 cm³/mol. The second-order valence-electron chi connectivity index (χ2n) is 6.35. The molecular formula is C18H20NO8P. The Kier molecular flexibility index (Phi) is 6.24. The van der Waals surface area contributed by atoms with Crippen LogP contribution in [0.15, 0.2) is 54.9 Å². The first kappa shape index (κ1) is 20.6. The van der Waals surface area contributed by atoms with Gasteiger partial charge in [-0.2, -0.15) is 4.57 Å². The number of pyridine rings is 1. The zero-order chi connectivity index (χ0) is 20.3. The Morgan fingerprint density at radius 1 is 1.21 bits per heavy atom. The van der Waals surface area contributed by atoms with Crippen LogP contribution >= 0.6 is 7.60 Å². The highest BCUT2D eigenvalue weighted by Crippen LogP contribution is 2.38. The van der Waals surface area contributed by atoms with Gasteiger partial charge in [0.2, 0.25) is 0 Å². The Bertz CT molecular complexity index is 871. The Morgan fingerprint density at radius 2 is 1.93 bits per heavy atom. The minimum Gasteiger partial charge on any atom is -0.779 e. The van der Waals surface area contributed by atoms with Gasteiger partial charge in [0.25, 0.3) is 6.23 Å². The van der Waals surface area contributed by atoms with Crippen molar-refractivity contribution in [2.24, 2.45) is 0 Å². The van der Waals surface area contributed by atoms with E-state index < -0.39 is 38.3 Å². The molecule has 0 amide bonds. The van der Waals surface area contributed by atoms with Gasteiger partial charge >= 0.3 is 5.97 Å². The maximum Gasteiger partial charge on any atom is 0.344 e. The van der Waals surface area contributed by atoms with Crippen molar-refractivity contribution >= 4 is 13.6 Å². The van der Waals surface area contributed by atoms with E-state index >= 15 is 0 Å². The maximum atomic E-state index is 12.3. The van der Waals surface area contributed by atoms with Crippen molar-refractivity contribution in [3.63, 3.8) is 0 Å². The third-order valence-electron chi connectivity index (χ3n) is 4.05. The van der Waals surface area contributed by atoms with Crippen molar-refractivity contribution < 1.29 is 43.0 Å². The van der Waals surface area contributed by atoms with E-state index in [-0.39, 0.29) is 12.2 Å². The predicted octanol–water partition coefficient (Wildman–Crippen LogP) is 0.108. The minimum absolute atomic E-state index is 0.0982. The molecule has 1 aromatic carbocycles. The van der Waals surface area contributed by atoms with Crippen molar-refractivity contribution in [2.75, 3.05) is 6.66 Å². The van der Waals surface area contributed by atoms with Crippen LogP contribution in [0.2, 0.25) is 0 Å². The summed E-state index contributed by atoms with van der Waals surface area (Å²) in [6.45, 7) is 0.931. The van der Waals surface area contributed by atoms with Crippen molar-refractivity contribution in [1.82, 2.24) is 0 Å². The molecule has 0 aliphatic carbocycles. The Balaban J connectivity index is 1.70. The molecule has 5 atom stereocenters. The van der Waals surface area contributed by atoms with Gasteiger partial charge in [-0.05, 0) is 11.6 Å². The number of nitrogens with zero attached hydrogens (tertiary/aromatic N) is 1. The number of ether oxygens (including phenoxy) is 2. The molecule has 28 heavy (non-hydrogen) atoms. The molecule has 0 bridgehead atoms. The lowest BCUT2D eigenvalue weighted by Gasteiger charge is -2.23. The first-order valence-corrected chi connectivity index (χ1v) is 10.4. The number of aliphatic hydroxyl groups is 2. The number of hydrogen-bond acceptors (Lipinski definition) is 8. The largest absolute Gasteiger partial charge is 0.779 e. The average Bonchev–Trinajstić information content (AvgIpc) is 2.94. The molecule has 1 unspecified atom stereocenters. The lowest BCUT2D eigenvalue weighted by Crippen LogP contribution is -2.46. The summed E-state index contributed by atoms with van der Waals surface area (Å²) < 4.78 is 27.9.